The first-order valence-corrected chi connectivity index (χ1v) is 3.45. The van der Waals surface area contributed by atoms with E-state index in [1.54, 1.807) is 12.1 Å². The quantitative estimate of drug-likeness (QED) is 0.648. The summed E-state index contributed by atoms with van der Waals surface area (Å²) in [6.07, 6.45) is -0.578. The largest absolute Gasteiger partial charge is 0.509 e. The molecule has 1 rings (SSSR count). The van der Waals surface area contributed by atoms with Gasteiger partial charge < -0.3 is 13.9 Å². The van der Waals surface area contributed by atoms with Crippen LogP contribution in [0.25, 0.3) is 0 Å². The molecule has 1 atom stereocenters. The van der Waals surface area contributed by atoms with Crippen LogP contribution in [0.1, 0.15) is 11.9 Å². The highest BCUT2D eigenvalue weighted by Gasteiger charge is 2.18. The fourth-order valence-corrected chi connectivity index (χ4v) is 0.733. The number of ether oxygens (including phenoxy) is 2. The minimum Gasteiger partial charge on any atom is -0.464 e. The van der Waals surface area contributed by atoms with E-state index in [1.165, 1.54) is 19.4 Å². The Bertz CT molecular complexity index is 311. The summed E-state index contributed by atoms with van der Waals surface area (Å²) in [5.41, 5.74) is 0. The van der Waals surface area contributed by atoms with Crippen LogP contribution in [0, 0.1) is 11.3 Å². The van der Waals surface area contributed by atoms with Crippen LogP contribution in [0.15, 0.2) is 22.8 Å². The van der Waals surface area contributed by atoms with E-state index in [4.69, 9.17) is 9.68 Å². The van der Waals surface area contributed by atoms with Crippen molar-refractivity contribution in [2.75, 3.05) is 7.11 Å². The lowest BCUT2D eigenvalue weighted by Crippen LogP contribution is -2.09. The number of methoxy groups -OCH3 is 1. The third-order valence-electron chi connectivity index (χ3n) is 1.30. The predicted molar refractivity (Wildman–Crippen MR) is 40.6 cm³/mol. The van der Waals surface area contributed by atoms with Gasteiger partial charge in [-0.15, -0.1) is 0 Å². The molecule has 0 radical (unpaired) electrons. The van der Waals surface area contributed by atoms with Gasteiger partial charge in [0.05, 0.1) is 13.4 Å². The maximum absolute atomic E-state index is 10.6. The highest BCUT2D eigenvalue weighted by molar-refractivity contribution is 5.60. The Hall–Kier alpha value is -1.96. The van der Waals surface area contributed by atoms with E-state index in [-0.39, 0.29) is 5.76 Å². The number of nitrogens with zero attached hydrogens (tertiary/aromatic N) is 1. The van der Waals surface area contributed by atoms with Gasteiger partial charge in [-0.2, -0.15) is 5.26 Å². The molecule has 5 heteroatoms. The van der Waals surface area contributed by atoms with Gasteiger partial charge in [-0.1, -0.05) is 0 Å². The number of hydrogen-bond donors (Lipinski definition) is 0. The van der Waals surface area contributed by atoms with Gasteiger partial charge in [-0.05, 0) is 12.1 Å². The molecule has 0 bridgehead atoms. The van der Waals surface area contributed by atoms with Gasteiger partial charge in [-0.3, -0.25) is 0 Å². The Kier molecular flexibility index (Phi) is 2.92. The van der Waals surface area contributed by atoms with Crippen molar-refractivity contribution in [1.29, 1.82) is 5.26 Å². The number of carbonyl (C=O) groups is 1. The van der Waals surface area contributed by atoms with Gasteiger partial charge in [0, 0.05) is 0 Å². The molecule has 5 nitrogen and oxygen atoms in total. The standard InChI is InChI=1S/C8H7NO4/c1-11-8(10)13-7(5-9)6-3-2-4-12-6/h2-4,7H,1H3. The molecule has 0 aliphatic rings. The fraction of sp³-hybridized carbons (Fsp3) is 0.250. The number of nitriles is 1. The normalized spacial score (nSPS) is 11.4. The van der Waals surface area contributed by atoms with Crippen LogP contribution in [0.5, 0.6) is 0 Å². The summed E-state index contributed by atoms with van der Waals surface area (Å²) in [7, 11) is 1.17. The summed E-state index contributed by atoms with van der Waals surface area (Å²) in [4.78, 5) is 10.6. The third kappa shape index (κ3) is 2.24. The van der Waals surface area contributed by atoms with Crippen molar-refractivity contribution < 1.29 is 18.7 Å². The number of furan rings is 1. The Balaban J connectivity index is 2.66. The van der Waals surface area contributed by atoms with Gasteiger partial charge in [0.15, 0.2) is 5.76 Å². The summed E-state index contributed by atoms with van der Waals surface area (Å²) in [6, 6.07) is 4.89. The fourth-order valence-electron chi connectivity index (χ4n) is 0.733. The average Bonchev–Trinajstić information content (AvgIpc) is 2.66. The van der Waals surface area contributed by atoms with Crippen LogP contribution in [0.2, 0.25) is 0 Å². The van der Waals surface area contributed by atoms with E-state index >= 15 is 0 Å². The molecule has 0 spiro atoms. The summed E-state index contributed by atoms with van der Waals surface area (Å²) < 4.78 is 13.7. The molecule has 1 heterocycles. The summed E-state index contributed by atoms with van der Waals surface area (Å²) >= 11 is 0. The Morgan fingerprint density at radius 2 is 2.54 bits per heavy atom. The Morgan fingerprint density at radius 1 is 1.77 bits per heavy atom. The summed E-state index contributed by atoms with van der Waals surface area (Å²) in [5.74, 6) is 0.271. The second-order valence-corrected chi connectivity index (χ2v) is 2.10. The molecule has 0 saturated heterocycles. The molecule has 0 aromatic carbocycles. The minimum atomic E-state index is -1.05. The van der Waals surface area contributed by atoms with E-state index in [0.29, 0.717) is 0 Å². The van der Waals surface area contributed by atoms with Crippen LogP contribution in [0.3, 0.4) is 0 Å². The lowest BCUT2D eigenvalue weighted by Gasteiger charge is -2.05. The van der Waals surface area contributed by atoms with Gasteiger partial charge in [0.1, 0.15) is 6.07 Å². The monoisotopic (exact) mass is 181 g/mol. The smallest absolute Gasteiger partial charge is 0.464 e. The van der Waals surface area contributed by atoms with Gasteiger partial charge in [0.2, 0.25) is 6.10 Å². The summed E-state index contributed by atoms with van der Waals surface area (Å²) in [5, 5.41) is 8.60. The first-order valence-electron chi connectivity index (χ1n) is 3.45. The van der Waals surface area contributed by atoms with Crippen molar-refractivity contribution in [1.82, 2.24) is 0 Å². The lowest BCUT2D eigenvalue weighted by atomic mass is 10.3. The Morgan fingerprint density at radius 3 is 3.00 bits per heavy atom. The zero-order chi connectivity index (χ0) is 9.68. The van der Waals surface area contributed by atoms with E-state index < -0.39 is 12.3 Å². The highest BCUT2D eigenvalue weighted by atomic mass is 16.7. The molecule has 0 N–H and O–H groups in total. The maximum Gasteiger partial charge on any atom is 0.509 e. The maximum atomic E-state index is 10.6. The molecule has 0 aliphatic heterocycles. The molecule has 1 aromatic rings. The lowest BCUT2D eigenvalue weighted by molar-refractivity contribution is 0.0479. The molecule has 0 fully saturated rings. The van der Waals surface area contributed by atoms with Crippen LogP contribution in [-0.2, 0) is 9.47 Å². The summed E-state index contributed by atoms with van der Waals surface area (Å²) in [6.45, 7) is 0. The molecule has 1 aromatic heterocycles. The van der Waals surface area contributed by atoms with E-state index in [9.17, 15) is 4.79 Å². The average molecular weight is 181 g/mol. The number of carbonyl (C=O) groups excluding carboxylic acids is 1. The van der Waals surface area contributed by atoms with Crippen LogP contribution < -0.4 is 0 Å². The predicted octanol–water partition coefficient (Wildman–Crippen LogP) is 1.63. The molecular weight excluding hydrogens is 174 g/mol. The second kappa shape index (κ2) is 4.16. The van der Waals surface area contributed by atoms with Crippen molar-refractivity contribution in [2.45, 2.75) is 6.10 Å². The van der Waals surface area contributed by atoms with Crippen LogP contribution in [-0.4, -0.2) is 13.3 Å². The van der Waals surface area contributed by atoms with E-state index in [0.717, 1.165) is 0 Å². The molecule has 0 amide bonds. The zero-order valence-corrected chi connectivity index (χ0v) is 6.89. The van der Waals surface area contributed by atoms with Crippen molar-refractivity contribution in [2.24, 2.45) is 0 Å². The van der Waals surface area contributed by atoms with Crippen molar-refractivity contribution >= 4 is 6.16 Å². The topological polar surface area (TPSA) is 72.5 Å². The van der Waals surface area contributed by atoms with Crippen molar-refractivity contribution in [3.05, 3.63) is 24.2 Å². The molecule has 1 unspecified atom stereocenters. The highest BCUT2D eigenvalue weighted by Crippen LogP contribution is 2.16. The molecular formula is C8H7NO4. The van der Waals surface area contributed by atoms with Gasteiger partial charge in [0.25, 0.3) is 0 Å². The van der Waals surface area contributed by atoms with Crippen molar-refractivity contribution in [3.8, 4) is 6.07 Å². The molecule has 13 heavy (non-hydrogen) atoms. The number of hydrogen-bond acceptors (Lipinski definition) is 5. The Labute approximate surface area is 74.5 Å². The van der Waals surface area contributed by atoms with E-state index in [1.807, 2.05) is 0 Å². The molecule has 0 aliphatic carbocycles. The van der Waals surface area contributed by atoms with Crippen LogP contribution >= 0.6 is 0 Å². The van der Waals surface area contributed by atoms with Gasteiger partial charge >= 0.3 is 6.16 Å². The first kappa shape index (κ1) is 9.13. The third-order valence-corrected chi connectivity index (χ3v) is 1.30. The van der Waals surface area contributed by atoms with Gasteiger partial charge in [-0.25, -0.2) is 4.79 Å². The van der Waals surface area contributed by atoms with E-state index in [2.05, 4.69) is 9.47 Å². The molecule has 68 valence electrons. The SMILES string of the molecule is COC(=O)OC(C#N)c1ccco1. The first-order chi connectivity index (χ1) is 6.27. The molecule has 0 saturated carbocycles. The minimum absolute atomic E-state index is 0.271. The zero-order valence-electron chi connectivity index (χ0n) is 6.89. The van der Waals surface area contributed by atoms with Crippen LogP contribution in [0.4, 0.5) is 4.79 Å². The second-order valence-electron chi connectivity index (χ2n) is 2.10. The number of rotatable bonds is 2. The van der Waals surface area contributed by atoms with Crippen molar-refractivity contribution in [3.63, 3.8) is 0 Å².